The summed E-state index contributed by atoms with van der Waals surface area (Å²) >= 11 is 6.93. The minimum Gasteiger partial charge on any atom is -0.455 e. The van der Waals surface area contributed by atoms with E-state index in [9.17, 15) is 0 Å². The van der Waals surface area contributed by atoms with Gasteiger partial charge in [0.2, 0.25) is 0 Å². The van der Waals surface area contributed by atoms with Crippen LogP contribution in [0.4, 0.5) is 0 Å². The van der Waals surface area contributed by atoms with Crippen LogP contribution < -0.4 is 0 Å². The number of furan rings is 1. The summed E-state index contributed by atoms with van der Waals surface area (Å²) in [6.45, 7) is 13.6. The minimum absolute atomic E-state index is 0.0662. The second kappa shape index (κ2) is 8.03. The lowest BCUT2D eigenvalue weighted by molar-refractivity contribution is 0.569. The van der Waals surface area contributed by atoms with Gasteiger partial charge >= 0.3 is 0 Å². The van der Waals surface area contributed by atoms with Crippen LogP contribution in [0.3, 0.4) is 0 Å². The first-order chi connectivity index (χ1) is 16.0. The topological polar surface area (TPSA) is 13.1 Å². The zero-order chi connectivity index (χ0) is 24.3. The molecule has 0 aliphatic rings. The molecule has 2 heteroatoms. The van der Waals surface area contributed by atoms with Gasteiger partial charge in [0.25, 0.3) is 0 Å². The van der Waals surface area contributed by atoms with Gasteiger partial charge in [0.15, 0.2) is 0 Å². The van der Waals surface area contributed by atoms with Crippen LogP contribution in [-0.2, 0) is 10.8 Å². The molecule has 4 aromatic carbocycles. The summed E-state index contributed by atoms with van der Waals surface area (Å²) in [7, 11) is 0. The summed E-state index contributed by atoms with van der Waals surface area (Å²) in [4.78, 5) is 0. The van der Waals surface area contributed by atoms with Crippen molar-refractivity contribution in [3.63, 3.8) is 0 Å². The van der Waals surface area contributed by atoms with Crippen molar-refractivity contribution in [2.24, 2.45) is 0 Å². The molecule has 1 aromatic heterocycles. The van der Waals surface area contributed by atoms with E-state index >= 15 is 0 Å². The molecule has 0 saturated heterocycles. The fraction of sp³-hybridized carbons (Fsp3) is 0.250. The Balaban J connectivity index is 1.65. The van der Waals surface area contributed by atoms with Gasteiger partial charge in [0, 0.05) is 26.9 Å². The number of para-hydroxylation sites is 2. The van der Waals surface area contributed by atoms with Gasteiger partial charge in [0.05, 0.1) is 0 Å². The molecule has 0 saturated carbocycles. The molecule has 0 spiro atoms. The second-order valence-corrected chi connectivity index (χ2v) is 11.7. The van der Waals surface area contributed by atoms with Crippen LogP contribution in [0.2, 0.25) is 5.02 Å². The third-order valence-corrected chi connectivity index (χ3v) is 6.97. The van der Waals surface area contributed by atoms with Crippen molar-refractivity contribution in [1.29, 1.82) is 0 Å². The SMILES string of the molecule is CC(C)(C)c1cc(-c2ccc(-c3cccc4c3oc3ccccc34)c(Cl)c2)cc(C(C)(C)C)c1. The minimum atomic E-state index is 0.0662. The Hall–Kier alpha value is -3.03. The van der Waals surface area contributed by atoms with Crippen molar-refractivity contribution in [3.05, 3.63) is 95.0 Å². The van der Waals surface area contributed by atoms with Gasteiger partial charge in [-0.1, -0.05) is 120 Å². The number of fused-ring (bicyclic) bond motifs is 3. The van der Waals surface area contributed by atoms with E-state index < -0.39 is 0 Å². The highest BCUT2D eigenvalue weighted by molar-refractivity contribution is 6.34. The molecule has 0 unspecified atom stereocenters. The Bertz CT molecular complexity index is 1490. The van der Waals surface area contributed by atoms with Gasteiger partial charge in [-0.15, -0.1) is 0 Å². The number of benzene rings is 4. The Morgan fingerprint density at radius 3 is 1.88 bits per heavy atom. The van der Waals surface area contributed by atoms with E-state index in [1.54, 1.807) is 0 Å². The second-order valence-electron chi connectivity index (χ2n) is 11.3. The zero-order valence-electron chi connectivity index (χ0n) is 20.8. The lowest BCUT2D eigenvalue weighted by atomic mass is 9.79. The highest BCUT2D eigenvalue weighted by Crippen LogP contribution is 2.40. The molecule has 34 heavy (non-hydrogen) atoms. The maximum atomic E-state index is 6.93. The van der Waals surface area contributed by atoms with Crippen molar-refractivity contribution in [3.8, 4) is 22.3 Å². The van der Waals surface area contributed by atoms with Gasteiger partial charge in [-0.25, -0.2) is 0 Å². The molecule has 0 radical (unpaired) electrons. The number of hydrogen-bond acceptors (Lipinski definition) is 1. The predicted molar refractivity (Wildman–Crippen MR) is 147 cm³/mol. The lowest BCUT2D eigenvalue weighted by Crippen LogP contribution is -2.16. The fourth-order valence-electron chi connectivity index (χ4n) is 4.53. The van der Waals surface area contributed by atoms with E-state index in [4.69, 9.17) is 16.0 Å². The third kappa shape index (κ3) is 4.03. The fourth-order valence-corrected chi connectivity index (χ4v) is 4.81. The summed E-state index contributed by atoms with van der Waals surface area (Å²) in [6, 6.07) is 27.8. The first-order valence-electron chi connectivity index (χ1n) is 11.9. The standard InChI is InChI=1S/C32H31ClO/c1-31(2,3)22-16-21(17-23(19-22)32(4,5)6)20-14-15-24(28(33)18-20)26-11-9-12-27-25-10-7-8-13-29(25)34-30(26)27/h7-19H,1-6H3. The van der Waals surface area contributed by atoms with Crippen molar-refractivity contribution >= 4 is 33.5 Å². The Labute approximate surface area is 207 Å². The molecule has 0 bridgehead atoms. The molecule has 0 atom stereocenters. The molecule has 0 N–H and O–H groups in total. The van der Waals surface area contributed by atoms with Crippen LogP contribution in [0, 0.1) is 0 Å². The van der Waals surface area contributed by atoms with Crippen LogP contribution in [0.5, 0.6) is 0 Å². The quantitative estimate of drug-likeness (QED) is 0.252. The molecule has 172 valence electrons. The summed E-state index contributed by atoms with van der Waals surface area (Å²) in [6.07, 6.45) is 0. The molecular weight excluding hydrogens is 436 g/mol. The third-order valence-electron chi connectivity index (χ3n) is 6.66. The van der Waals surface area contributed by atoms with Crippen molar-refractivity contribution in [1.82, 2.24) is 0 Å². The summed E-state index contributed by atoms with van der Waals surface area (Å²) < 4.78 is 6.26. The molecule has 5 aromatic rings. The predicted octanol–water partition coefficient (Wildman–Crippen LogP) is 10.2. The molecule has 1 nitrogen and oxygen atoms in total. The molecule has 0 amide bonds. The van der Waals surface area contributed by atoms with Crippen molar-refractivity contribution in [2.75, 3.05) is 0 Å². The number of halogens is 1. The van der Waals surface area contributed by atoms with Gasteiger partial charge < -0.3 is 4.42 Å². The number of hydrogen-bond donors (Lipinski definition) is 0. The number of rotatable bonds is 2. The Morgan fingerprint density at radius 1 is 0.588 bits per heavy atom. The van der Waals surface area contributed by atoms with Crippen LogP contribution in [-0.4, -0.2) is 0 Å². The summed E-state index contributed by atoms with van der Waals surface area (Å²) in [5, 5.41) is 2.96. The van der Waals surface area contributed by atoms with E-state index in [1.165, 1.54) is 16.7 Å². The van der Waals surface area contributed by atoms with Crippen LogP contribution in [0.15, 0.2) is 83.3 Å². The van der Waals surface area contributed by atoms with Crippen LogP contribution in [0.25, 0.3) is 44.2 Å². The van der Waals surface area contributed by atoms with Crippen LogP contribution >= 0.6 is 11.6 Å². The highest BCUT2D eigenvalue weighted by Gasteiger charge is 2.21. The average Bonchev–Trinajstić information content (AvgIpc) is 3.17. The normalized spacial score (nSPS) is 12.6. The van der Waals surface area contributed by atoms with E-state index in [0.29, 0.717) is 0 Å². The van der Waals surface area contributed by atoms with Crippen molar-refractivity contribution < 1.29 is 4.42 Å². The molecule has 0 aliphatic carbocycles. The molecule has 5 rings (SSSR count). The van der Waals surface area contributed by atoms with Crippen molar-refractivity contribution in [2.45, 2.75) is 52.4 Å². The lowest BCUT2D eigenvalue weighted by Gasteiger charge is -2.26. The van der Waals surface area contributed by atoms with Gasteiger partial charge in [-0.05, 0) is 45.2 Å². The van der Waals surface area contributed by atoms with E-state index in [1.807, 2.05) is 18.2 Å². The first kappa shape index (κ1) is 22.7. The molecule has 1 heterocycles. The summed E-state index contributed by atoms with van der Waals surface area (Å²) in [5.41, 5.74) is 8.91. The molecular formula is C32H31ClO. The van der Waals surface area contributed by atoms with E-state index in [2.05, 4.69) is 102 Å². The smallest absolute Gasteiger partial charge is 0.143 e. The maximum Gasteiger partial charge on any atom is 0.143 e. The molecule has 0 fully saturated rings. The average molecular weight is 467 g/mol. The van der Waals surface area contributed by atoms with Gasteiger partial charge in [-0.3, -0.25) is 0 Å². The highest BCUT2D eigenvalue weighted by atomic mass is 35.5. The maximum absolute atomic E-state index is 6.93. The Morgan fingerprint density at radius 2 is 1.24 bits per heavy atom. The van der Waals surface area contributed by atoms with E-state index in [0.717, 1.165) is 43.7 Å². The Kier molecular flexibility index (Phi) is 5.37. The zero-order valence-corrected chi connectivity index (χ0v) is 21.5. The van der Waals surface area contributed by atoms with E-state index in [-0.39, 0.29) is 10.8 Å². The largest absolute Gasteiger partial charge is 0.455 e. The van der Waals surface area contributed by atoms with Gasteiger partial charge in [0.1, 0.15) is 11.2 Å². The monoisotopic (exact) mass is 466 g/mol. The molecule has 0 aliphatic heterocycles. The summed E-state index contributed by atoms with van der Waals surface area (Å²) in [5.74, 6) is 0. The van der Waals surface area contributed by atoms with Crippen LogP contribution in [0.1, 0.15) is 52.7 Å². The first-order valence-corrected chi connectivity index (χ1v) is 12.3. The van der Waals surface area contributed by atoms with Gasteiger partial charge in [-0.2, -0.15) is 0 Å².